The molecule has 0 saturated carbocycles. The molecule has 0 bridgehead atoms. The van der Waals surface area contributed by atoms with Gasteiger partial charge in [0, 0.05) is 19.0 Å². The Labute approximate surface area is 200 Å². The van der Waals surface area contributed by atoms with Gasteiger partial charge >= 0.3 is 6.18 Å². The number of benzene rings is 1. The molecule has 0 saturated heterocycles. The average molecular weight is 570 g/mol. The van der Waals surface area contributed by atoms with Crippen LogP contribution in [0.1, 0.15) is 16.0 Å². The van der Waals surface area contributed by atoms with E-state index in [9.17, 15) is 18.0 Å². The van der Waals surface area contributed by atoms with Crippen LogP contribution in [0.15, 0.2) is 46.8 Å². The van der Waals surface area contributed by atoms with Crippen molar-refractivity contribution in [2.75, 3.05) is 27.2 Å². The van der Waals surface area contributed by atoms with Gasteiger partial charge < -0.3 is 20.3 Å². The van der Waals surface area contributed by atoms with Gasteiger partial charge in [-0.2, -0.15) is 13.2 Å². The van der Waals surface area contributed by atoms with Gasteiger partial charge in [0.25, 0.3) is 0 Å². The van der Waals surface area contributed by atoms with Crippen molar-refractivity contribution in [3.8, 4) is 0 Å². The molecule has 0 aliphatic carbocycles. The fourth-order valence-corrected chi connectivity index (χ4v) is 2.99. The van der Waals surface area contributed by atoms with Gasteiger partial charge in [0.1, 0.15) is 6.61 Å². The van der Waals surface area contributed by atoms with Gasteiger partial charge in [-0.25, -0.2) is 4.99 Å². The molecule has 2 rings (SSSR count). The summed E-state index contributed by atoms with van der Waals surface area (Å²) in [5.41, 5.74) is 1.45. The van der Waals surface area contributed by atoms with Gasteiger partial charge in [0.05, 0.1) is 26.2 Å². The molecule has 0 aliphatic rings. The molecule has 11 heteroatoms. The molecule has 0 radical (unpaired) electrons. The largest absolute Gasteiger partial charge is 0.411 e. The van der Waals surface area contributed by atoms with Crippen LogP contribution in [0, 0.1) is 0 Å². The van der Waals surface area contributed by atoms with Crippen molar-refractivity contribution in [1.82, 2.24) is 15.5 Å². The molecule has 0 fully saturated rings. The smallest absolute Gasteiger partial charge is 0.367 e. The lowest BCUT2D eigenvalue weighted by Crippen LogP contribution is -2.42. The van der Waals surface area contributed by atoms with E-state index < -0.39 is 12.8 Å². The molecule has 2 N–H and O–H groups in total. The van der Waals surface area contributed by atoms with Gasteiger partial charge in [-0.3, -0.25) is 4.79 Å². The number of guanidine groups is 1. The number of aliphatic imine (C=N–C) groups is 1. The minimum absolute atomic E-state index is 0. The van der Waals surface area contributed by atoms with Crippen LogP contribution < -0.4 is 10.6 Å². The Morgan fingerprint density at radius 3 is 2.55 bits per heavy atom. The monoisotopic (exact) mass is 570 g/mol. The number of ether oxygens (including phenoxy) is 1. The predicted octanol–water partition coefficient (Wildman–Crippen LogP) is 3.77. The molecular weight excluding hydrogens is 544 g/mol. The van der Waals surface area contributed by atoms with E-state index >= 15 is 0 Å². The third-order valence-electron chi connectivity index (χ3n) is 3.86. The number of nitrogens with one attached hydrogen (secondary N) is 2. The zero-order chi connectivity index (χ0) is 22.0. The molecule has 0 spiro atoms. The Kier molecular flexibility index (Phi) is 11.9. The molecule has 1 heterocycles. The first kappa shape index (κ1) is 27.2. The van der Waals surface area contributed by atoms with Crippen LogP contribution in [0.2, 0.25) is 0 Å². The fraction of sp³-hybridized carbons (Fsp3) is 0.400. The molecule has 0 unspecified atom stereocenters. The highest BCUT2D eigenvalue weighted by molar-refractivity contribution is 14.0. The van der Waals surface area contributed by atoms with Crippen LogP contribution >= 0.6 is 35.3 Å². The van der Waals surface area contributed by atoms with Gasteiger partial charge in [0.2, 0.25) is 5.91 Å². The first-order chi connectivity index (χ1) is 14.2. The second-order valence-corrected chi connectivity index (χ2v) is 7.70. The maximum absolute atomic E-state index is 12.2. The first-order valence-corrected chi connectivity index (χ1v) is 10.1. The number of amides is 1. The third-order valence-corrected chi connectivity index (χ3v) is 4.74. The fourth-order valence-electron chi connectivity index (χ4n) is 2.35. The van der Waals surface area contributed by atoms with Crippen molar-refractivity contribution in [3.05, 3.63) is 57.8 Å². The summed E-state index contributed by atoms with van der Waals surface area (Å²) < 4.78 is 41.4. The summed E-state index contributed by atoms with van der Waals surface area (Å²) in [7, 11) is 3.35. The molecule has 31 heavy (non-hydrogen) atoms. The van der Waals surface area contributed by atoms with Crippen molar-refractivity contribution >= 4 is 47.2 Å². The maximum atomic E-state index is 12.2. The summed E-state index contributed by atoms with van der Waals surface area (Å²) in [6.45, 7) is -0.464. The SMILES string of the molecule is CN(C)C(=O)CNC(=NCc1cccc(COCC(F)(F)F)c1)NCc1cccs1.I. The lowest BCUT2D eigenvalue weighted by molar-refractivity contribution is -0.176. The summed E-state index contributed by atoms with van der Waals surface area (Å²) >= 11 is 1.61. The third kappa shape index (κ3) is 11.4. The molecule has 1 amide bonds. The number of rotatable bonds is 9. The van der Waals surface area contributed by atoms with Gasteiger partial charge in [-0.15, -0.1) is 35.3 Å². The summed E-state index contributed by atoms with van der Waals surface area (Å²) in [4.78, 5) is 18.9. The molecule has 172 valence electrons. The van der Waals surface area contributed by atoms with Crippen molar-refractivity contribution in [2.45, 2.75) is 25.9 Å². The topological polar surface area (TPSA) is 66.0 Å². The standard InChI is InChI=1S/C20H25F3N4O2S.HI/c1-27(2)18(28)12-26-19(25-11-17-7-4-8-30-17)24-10-15-5-3-6-16(9-15)13-29-14-20(21,22)23;/h3-9H,10-14H2,1-2H3,(H2,24,25,26);1H. The highest BCUT2D eigenvalue weighted by Gasteiger charge is 2.27. The quantitative estimate of drug-likeness (QED) is 0.274. The molecular formula is C20H26F3IN4O2S. The molecule has 0 atom stereocenters. The van der Waals surface area contributed by atoms with Gasteiger partial charge in [0.15, 0.2) is 5.96 Å². The number of alkyl halides is 3. The van der Waals surface area contributed by atoms with Gasteiger partial charge in [-0.1, -0.05) is 30.3 Å². The van der Waals surface area contributed by atoms with E-state index in [2.05, 4.69) is 15.6 Å². The minimum Gasteiger partial charge on any atom is -0.367 e. The molecule has 1 aromatic heterocycles. The highest BCUT2D eigenvalue weighted by atomic mass is 127. The summed E-state index contributed by atoms with van der Waals surface area (Å²) in [6.07, 6.45) is -4.35. The Morgan fingerprint density at radius 2 is 1.90 bits per heavy atom. The lowest BCUT2D eigenvalue weighted by atomic mass is 10.1. The number of nitrogens with zero attached hydrogens (tertiary/aromatic N) is 2. The van der Waals surface area contributed by atoms with E-state index in [1.165, 1.54) is 4.90 Å². The molecule has 2 aromatic rings. The van der Waals surface area contributed by atoms with E-state index in [1.807, 2.05) is 23.6 Å². The summed E-state index contributed by atoms with van der Waals surface area (Å²) in [6, 6.07) is 11.0. The lowest BCUT2D eigenvalue weighted by Gasteiger charge is -2.15. The minimum atomic E-state index is -4.35. The van der Waals surface area contributed by atoms with Crippen LogP contribution in [0.4, 0.5) is 13.2 Å². The summed E-state index contributed by atoms with van der Waals surface area (Å²) in [5.74, 6) is 0.377. The second-order valence-electron chi connectivity index (χ2n) is 6.67. The number of carbonyl (C=O) groups is 1. The van der Waals surface area contributed by atoms with Crippen molar-refractivity contribution < 1.29 is 22.7 Å². The Balaban J connectivity index is 0.00000480. The maximum Gasteiger partial charge on any atom is 0.411 e. The number of carbonyl (C=O) groups excluding carboxylic acids is 1. The predicted molar refractivity (Wildman–Crippen MR) is 127 cm³/mol. The highest BCUT2D eigenvalue weighted by Crippen LogP contribution is 2.16. The number of hydrogen-bond acceptors (Lipinski definition) is 4. The molecule has 1 aromatic carbocycles. The van der Waals surface area contributed by atoms with E-state index in [4.69, 9.17) is 4.74 Å². The van der Waals surface area contributed by atoms with Gasteiger partial charge in [-0.05, 0) is 22.6 Å². The molecule has 0 aliphatic heterocycles. The Morgan fingerprint density at radius 1 is 1.16 bits per heavy atom. The Bertz CT molecular complexity index is 830. The van der Waals surface area contributed by atoms with Crippen LogP contribution in [0.25, 0.3) is 0 Å². The van der Waals surface area contributed by atoms with E-state index in [1.54, 1.807) is 43.6 Å². The summed E-state index contributed by atoms with van der Waals surface area (Å²) in [5, 5.41) is 8.16. The number of hydrogen-bond donors (Lipinski definition) is 2. The van der Waals surface area contributed by atoms with Crippen molar-refractivity contribution in [3.63, 3.8) is 0 Å². The first-order valence-electron chi connectivity index (χ1n) is 9.20. The number of thiophene rings is 1. The van der Waals surface area contributed by atoms with Crippen LogP contribution in [-0.4, -0.2) is 50.2 Å². The van der Waals surface area contributed by atoms with Crippen molar-refractivity contribution in [2.24, 2.45) is 4.99 Å². The number of likely N-dealkylation sites (N-methyl/N-ethyl adjacent to an activating group) is 1. The zero-order valence-electron chi connectivity index (χ0n) is 17.2. The van der Waals surface area contributed by atoms with Crippen LogP contribution in [-0.2, 0) is 29.2 Å². The normalized spacial score (nSPS) is 11.6. The van der Waals surface area contributed by atoms with E-state index in [0.717, 1.165) is 10.4 Å². The van der Waals surface area contributed by atoms with E-state index in [-0.39, 0.29) is 43.0 Å². The molecule has 6 nitrogen and oxygen atoms in total. The van der Waals surface area contributed by atoms with E-state index in [0.29, 0.717) is 24.6 Å². The second kappa shape index (κ2) is 13.5. The zero-order valence-corrected chi connectivity index (χ0v) is 20.4. The number of halogens is 4. The van der Waals surface area contributed by atoms with Crippen LogP contribution in [0.5, 0.6) is 0 Å². The van der Waals surface area contributed by atoms with Crippen LogP contribution in [0.3, 0.4) is 0 Å². The average Bonchev–Trinajstić information content (AvgIpc) is 3.20. The van der Waals surface area contributed by atoms with Crippen molar-refractivity contribution in [1.29, 1.82) is 0 Å². The Hall–Kier alpha value is -1.86.